The van der Waals surface area contributed by atoms with Gasteiger partial charge in [0.2, 0.25) is 5.16 Å². The molecule has 0 amide bonds. The summed E-state index contributed by atoms with van der Waals surface area (Å²) >= 11 is 1.40. The van der Waals surface area contributed by atoms with Gasteiger partial charge in [-0.1, -0.05) is 12.1 Å². The van der Waals surface area contributed by atoms with Crippen LogP contribution in [0.25, 0.3) is 0 Å². The normalized spacial score (nSPS) is 10.1. The fourth-order valence-corrected chi connectivity index (χ4v) is 2.16. The molecule has 1 heterocycles. The first kappa shape index (κ1) is 10.6. The number of aryl methyl sites for hydroxylation is 2. The Labute approximate surface area is 97.1 Å². The number of nitriles is 1. The first-order valence-corrected chi connectivity index (χ1v) is 5.44. The number of hydrogen-bond donors (Lipinski definition) is 0. The molecule has 0 saturated carbocycles. The van der Waals surface area contributed by atoms with E-state index in [9.17, 15) is 0 Å². The average Bonchev–Trinajstić information content (AvgIpc) is 2.67. The van der Waals surface area contributed by atoms with Gasteiger partial charge in [-0.15, -0.1) is 5.10 Å². The summed E-state index contributed by atoms with van der Waals surface area (Å²) in [4.78, 5) is 0.905. The molecule has 0 saturated heterocycles. The summed E-state index contributed by atoms with van der Waals surface area (Å²) in [5.74, 6) is 0. The minimum atomic E-state index is 0.646. The second kappa shape index (κ2) is 4.33. The van der Waals surface area contributed by atoms with Crippen molar-refractivity contribution in [1.82, 2.24) is 20.2 Å². The SMILES string of the molecule is Cc1cccc(C#N)c1Sc1nnnn1C. The zero-order valence-corrected chi connectivity index (χ0v) is 9.69. The molecule has 1 aromatic heterocycles. The van der Waals surface area contributed by atoms with Crippen LogP contribution in [-0.4, -0.2) is 20.2 Å². The summed E-state index contributed by atoms with van der Waals surface area (Å²) in [5, 5.41) is 20.9. The van der Waals surface area contributed by atoms with E-state index in [1.807, 2.05) is 19.1 Å². The number of benzene rings is 1. The maximum atomic E-state index is 9.02. The first-order valence-electron chi connectivity index (χ1n) is 4.62. The van der Waals surface area contributed by atoms with E-state index in [2.05, 4.69) is 21.6 Å². The summed E-state index contributed by atoms with van der Waals surface area (Å²) in [6.45, 7) is 1.97. The van der Waals surface area contributed by atoms with Crippen LogP contribution in [-0.2, 0) is 7.05 Å². The Bertz CT molecular complexity index is 555. The Morgan fingerprint density at radius 3 is 2.88 bits per heavy atom. The molecule has 80 valence electrons. The van der Waals surface area contributed by atoms with Crippen LogP contribution >= 0.6 is 11.8 Å². The minimum Gasteiger partial charge on any atom is -0.223 e. The van der Waals surface area contributed by atoms with E-state index in [-0.39, 0.29) is 0 Å². The van der Waals surface area contributed by atoms with Crippen molar-refractivity contribution in [3.8, 4) is 6.07 Å². The van der Waals surface area contributed by atoms with Crippen LogP contribution in [0.4, 0.5) is 0 Å². The van der Waals surface area contributed by atoms with Gasteiger partial charge < -0.3 is 0 Å². The highest BCUT2D eigenvalue weighted by atomic mass is 32.2. The van der Waals surface area contributed by atoms with E-state index in [1.54, 1.807) is 17.8 Å². The summed E-state index contributed by atoms with van der Waals surface area (Å²) in [7, 11) is 1.77. The van der Waals surface area contributed by atoms with Crippen molar-refractivity contribution >= 4 is 11.8 Å². The van der Waals surface area contributed by atoms with Crippen molar-refractivity contribution in [2.75, 3.05) is 0 Å². The smallest absolute Gasteiger partial charge is 0.213 e. The number of hydrogen-bond acceptors (Lipinski definition) is 5. The van der Waals surface area contributed by atoms with Crippen LogP contribution in [0, 0.1) is 18.3 Å². The van der Waals surface area contributed by atoms with Gasteiger partial charge in [0, 0.05) is 11.9 Å². The molecule has 16 heavy (non-hydrogen) atoms. The van der Waals surface area contributed by atoms with Gasteiger partial charge in [-0.2, -0.15) is 5.26 Å². The largest absolute Gasteiger partial charge is 0.223 e. The Balaban J connectivity index is 2.42. The lowest BCUT2D eigenvalue weighted by Crippen LogP contribution is -1.94. The van der Waals surface area contributed by atoms with Gasteiger partial charge >= 0.3 is 0 Å². The van der Waals surface area contributed by atoms with Crippen molar-refractivity contribution in [1.29, 1.82) is 5.26 Å². The lowest BCUT2D eigenvalue weighted by molar-refractivity contribution is 0.664. The molecule has 1 aromatic carbocycles. The summed E-state index contributed by atoms with van der Waals surface area (Å²) in [6, 6.07) is 7.79. The zero-order chi connectivity index (χ0) is 11.5. The highest BCUT2D eigenvalue weighted by Crippen LogP contribution is 2.30. The fourth-order valence-electron chi connectivity index (χ4n) is 1.27. The van der Waals surface area contributed by atoms with Crippen LogP contribution in [0.2, 0.25) is 0 Å². The molecule has 5 nitrogen and oxygen atoms in total. The van der Waals surface area contributed by atoms with E-state index >= 15 is 0 Å². The van der Waals surface area contributed by atoms with Crippen molar-refractivity contribution in [2.24, 2.45) is 7.05 Å². The molecule has 6 heteroatoms. The molecule has 0 bridgehead atoms. The summed E-state index contributed by atoms with van der Waals surface area (Å²) in [6.07, 6.45) is 0. The predicted octanol–water partition coefficient (Wildman–Crippen LogP) is 1.54. The number of nitrogens with zero attached hydrogens (tertiary/aromatic N) is 5. The van der Waals surface area contributed by atoms with Crippen LogP contribution in [0.3, 0.4) is 0 Å². The van der Waals surface area contributed by atoms with Gasteiger partial charge in [0.1, 0.15) is 6.07 Å². The number of aromatic nitrogens is 4. The molecule has 2 aromatic rings. The topological polar surface area (TPSA) is 67.4 Å². The van der Waals surface area contributed by atoms with Crippen molar-refractivity contribution < 1.29 is 0 Å². The van der Waals surface area contributed by atoms with Crippen molar-refractivity contribution in [2.45, 2.75) is 17.0 Å². The van der Waals surface area contributed by atoms with Crippen LogP contribution in [0.5, 0.6) is 0 Å². The third kappa shape index (κ3) is 1.90. The molecule has 0 aliphatic heterocycles. The average molecular weight is 231 g/mol. The van der Waals surface area contributed by atoms with Crippen molar-refractivity contribution in [3.05, 3.63) is 29.3 Å². The Morgan fingerprint density at radius 1 is 1.44 bits per heavy atom. The van der Waals surface area contributed by atoms with E-state index in [0.717, 1.165) is 10.5 Å². The molecule has 0 aliphatic rings. The standard InChI is InChI=1S/C10H9N5S/c1-7-4-3-5-8(6-11)9(7)16-10-12-13-14-15(10)2/h3-5H,1-2H3. The van der Waals surface area contributed by atoms with Crippen LogP contribution in [0.15, 0.2) is 28.3 Å². The maximum Gasteiger partial charge on any atom is 0.213 e. The highest BCUT2D eigenvalue weighted by molar-refractivity contribution is 7.99. The first-order chi connectivity index (χ1) is 7.72. The van der Waals surface area contributed by atoms with Gasteiger partial charge in [-0.05, 0) is 40.7 Å². The number of tetrazole rings is 1. The number of rotatable bonds is 2. The van der Waals surface area contributed by atoms with Gasteiger partial charge in [-0.3, -0.25) is 0 Å². The molecule has 0 spiro atoms. The summed E-state index contributed by atoms with van der Waals surface area (Å²) < 4.78 is 1.58. The molecule has 0 fully saturated rings. The van der Waals surface area contributed by atoms with E-state index in [0.29, 0.717) is 10.7 Å². The van der Waals surface area contributed by atoms with Gasteiger partial charge in [0.05, 0.1) is 5.56 Å². The van der Waals surface area contributed by atoms with Gasteiger partial charge in [0.25, 0.3) is 0 Å². The Hall–Kier alpha value is -1.87. The Kier molecular flexibility index (Phi) is 2.88. The molecule has 0 radical (unpaired) electrons. The Morgan fingerprint density at radius 2 is 2.25 bits per heavy atom. The zero-order valence-electron chi connectivity index (χ0n) is 8.88. The van der Waals surface area contributed by atoms with E-state index in [1.165, 1.54) is 11.8 Å². The quantitative estimate of drug-likeness (QED) is 0.784. The molecule has 0 N–H and O–H groups in total. The minimum absolute atomic E-state index is 0.646. The molecule has 2 rings (SSSR count). The third-order valence-electron chi connectivity index (χ3n) is 2.11. The lowest BCUT2D eigenvalue weighted by atomic mass is 10.1. The van der Waals surface area contributed by atoms with Crippen LogP contribution < -0.4 is 0 Å². The third-order valence-corrected chi connectivity index (χ3v) is 3.38. The summed E-state index contributed by atoms with van der Waals surface area (Å²) in [5.41, 5.74) is 1.69. The van der Waals surface area contributed by atoms with E-state index in [4.69, 9.17) is 5.26 Å². The molecular weight excluding hydrogens is 222 g/mol. The molecule has 0 aliphatic carbocycles. The van der Waals surface area contributed by atoms with Crippen LogP contribution in [0.1, 0.15) is 11.1 Å². The second-order valence-electron chi connectivity index (χ2n) is 3.25. The van der Waals surface area contributed by atoms with Gasteiger partial charge in [0.15, 0.2) is 0 Å². The highest BCUT2D eigenvalue weighted by Gasteiger charge is 2.11. The fraction of sp³-hybridized carbons (Fsp3) is 0.200. The predicted molar refractivity (Wildman–Crippen MR) is 58.8 cm³/mol. The molecule has 0 atom stereocenters. The monoisotopic (exact) mass is 231 g/mol. The maximum absolute atomic E-state index is 9.02. The van der Waals surface area contributed by atoms with Gasteiger partial charge in [-0.25, -0.2) is 4.68 Å². The van der Waals surface area contributed by atoms with Crippen molar-refractivity contribution in [3.63, 3.8) is 0 Å². The lowest BCUT2D eigenvalue weighted by Gasteiger charge is -2.05. The molecular formula is C10H9N5S. The van der Waals surface area contributed by atoms with E-state index < -0.39 is 0 Å². The molecule has 0 unspecified atom stereocenters. The second-order valence-corrected chi connectivity index (χ2v) is 4.23.